The minimum atomic E-state index is 0.260. The zero-order chi connectivity index (χ0) is 10.9. The first-order valence-corrected chi connectivity index (χ1v) is 5.54. The summed E-state index contributed by atoms with van der Waals surface area (Å²) in [6.07, 6.45) is 8.03. The van der Waals surface area contributed by atoms with Gasteiger partial charge < -0.3 is 0 Å². The molecule has 1 nitrogen and oxygen atoms in total. The molecule has 0 radical (unpaired) electrons. The maximum absolute atomic E-state index is 11.7. The lowest BCUT2D eigenvalue weighted by Crippen LogP contribution is -1.97. The quantitative estimate of drug-likeness (QED) is 0.387. The fraction of sp³-hybridized carbons (Fsp3) is 0.357. The minimum Gasteiger partial charge on any atom is -0.294 e. The van der Waals surface area contributed by atoms with Crippen LogP contribution in [0, 0.1) is 0 Å². The summed E-state index contributed by atoms with van der Waals surface area (Å²) in [6.45, 7) is 2.02. The Bertz CT molecular complexity index is 311. The highest BCUT2D eigenvalue weighted by molar-refractivity contribution is 5.95. The topological polar surface area (TPSA) is 17.1 Å². The maximum Gasteiger partial charge on any atom is 0.162 e. The summed E-state index contributed by atoms with van der Waals surface area (Å²) in [5.74, 6) is 0.260. The first-order chi connectivity index (χ1) is 7.34. The molecule has 0 atom stereocenters. The van der Waals surface area contributed by atoms with Crippen molar-refractivity contribution in [3.05, 3.63) is 48.0 Å². The van der Waals surface area contributed by atoms with Gasteiger partial charge in [0.1, 0.15) is 0 Å². The van der Waals surface area contributed by atoms with Gasteiger partial charge in [-0.3, -0.25) is 4.79 Å². The summed E-state index contributed by atoms with van der Waals surface area (Å²) < 4.78 is 0. The Hall–Kier alpha value is -1.37. The predicted octanol–water partition coefficient (Wildman–Crippen LogP) is 4.01. The van der Waals surface area contributed by atoms with Crippen LogP contribution in [0.3, 0.4) is 0 Å². The molecule has 1 rings (SSSR count). The van der Waals surface area contributed by atoms with Crippen molar-refractivity contribution in [2.75, 3.05) is 0 Å². The van der Waals surface area contributed by atoms with Gasteiger partial charge in [0.15, 0.2) is 5.78 Å². The molecule has 0 aliphatic carbocycles. The van der Waals surface area contributed by atoms with Crippen LogP contribution in [0.25, 0.3) is 0 Å². The Kier molecular flexibility index (Phi) is 5.46. The molecular formula is C14H18O. The lowest BCUT2D eigenvalue weighted by Gasteiger charge is -1.99. The summed E-state index contributed by atoms with van der Waals surface area (Å²) in [5, 5.41) is 0. The van der Waals surface area contributed by atoms with Crippen LogP contribution < -0.4 is 0 Å². The molecule has 0 bridgehead atoms. The van der Waals surface area contributed by atoms with E-state index < -0.39 is 0 Å². The second kappa shape index (κ2) is 6.99. The summed E-state index contributed by atoms with van der Waals surface area (Å²) in [7, 11) is 0. The fourth-order valence-corrected chi connectivity index (χ4v) is 1.48. The number of unbranched alkanes of at least 4 members (excludes halogenated alkanes) is 2. The second-order valence-corrected chi connectivity index (χ2v) is 3.60. The van der Waals surface area contributed by atoms with Gasteiger partial charge in [0.25, 0.3) is 0 Å². The molecule has 1 aromatic carbocycles. The number of Topliss-reactive ketones (excluding diaryl/α,β-unsaturated/α-hetero) is 1. The SMILES string of the molecule is C/C=C/CCCCC(=O)c1ccccc1. The van der Waals surface area contributed by atoms with E-state index in [2.05, 4.69) is 12.2 Å². The largest absolute Gasteiger partial charge is 0.294 e. The smallest absolute Gasteiger partial charge is 0.162 e. The molecule has 1 heteroatoms. The molecule has 0 saturated heterocycles. The van der Waals surface area contributed by atoms with E-state index in [0.29, 0.717) is 6.42 Å². The molecule has 0 aliphatic heterocycles. The normalized spacial score (nSPS) is 10.7. The van der Waals surface area contributed by atoms with Gasteiger partial charge in [0.05, 0.1) is 0 Å². The maximum atomic E-state index is 11.7. The number of hydrogen-bond donors (Lipinski definition) is 0. The third kappa shape index (κ3) is 4.59. The van der Waals surface area contributed by atoms with E-state index in [4.69, 9.17) is 0 Å². The molecule has 0 spiro atoms. The van der Waals surface area contributed by atoms with Crippen molar-refractivity contribution in [3.8, 4) is 0 Å². The van der Waals surface area contributed by atoms with E-state index >= 15 is 0 Å². The van der Waals surface area contributed by atoms with Crippen molar-refractivity contribution in [2.24, 2.45) is 0 Å². The first-order valence-electron chi connectivity index (χ1n) is 5.54. The van der Waals surface area contributed by atoms with E-state index in [-0.39, 0.29) is 5.78 Å². The average molecular weight is 202 g/mol. The molecule has 0 saturated carbocycles. The summed E-state index contributed by atoms with van der Waals surface area (Å²) in [6, 6.07) is 9.52. The number of hydrogen-bond acceptors (Lipinski definition) is 1. The van der Waals surface area contributed by atoms with Gasteiger partial charge in [-0.1, -0.05) is 42.5 Å². The molecule has 15 heavy (non-hydrogen) atoms. The highest BCUT2D eigenvalue weighted by Crippen LogP contribution is 2.08. The van der Waals surface area contributed by atoms with Crippen LogP contribution in [0.5, 0.6) is 0 Å². The van der Waals surface area contributed by atoms with Gasteiger partial charge in [-0.05, 0) is 26.2 Å². The molecular weight excluding hydrogens is 184 g/mol. The van der Waals surface area contributed by atoms with Crippen molar-refractivity contribution < 1.29 is 4.79 Å². The number of carbonyl (C=O) groups excluding carboxylic acids is 1. The highest BCUT2D eigenvalue weighted by atomic mass is 16.1. The van der Waals surface area contributed by atoms with Gasteiger partial charge in [0.2, 0.25) is 0 Å². The number of rotatable bonds is 6. The van der Waals surface area contributed by atoms with E-state index in [9.17, 15) is 4.79 Å². The van der Waals surface area contributed by atoms with Crippen LogP contribution in [-0.4, -0.2) is 5.78 Å². The van der Waals surface area contributed by atoms with E-state index in [0.717, 1.165) is 24.8 Å². The molecule has 0 aromatic heterocycles. The van der Waals surface area contributed by atoms with E-state index in [1.165, 1.54) is 0 Å². The summed E-state index contributed by atoms with van der Waals surface area (Å²) >= 11 is 0. The van der Waals surface area contributed by atoms with Crippen molar-refractivity contribution in [1.82, 2.24) is 0 Å². The lowest BCUT2D eigenvalue weighted by atomic mass is 10.0. The standard InChI is InChI=1S/C14H18O/c1-2-3-4-5-9-12-14(15)13-10-7-6-8-11-13/h2-3,6-8,10-11H,4-5,9,12H2,1H3/b3-2+. The highest BCUT2D eigenvalue weighted by Gasteiger charge is 2.03. The van der Waals surface area contributed by atoms with Crippen molar-refractivity contribution in [2.45, 2.75) is 32.6 Å². The third-order valence-corrected chi connectivity index (χ3v) is 2.36. The van der Waals surface area contributed by atoms with Crippen LogP contribution in [0.15, 0.2) is 42.5 Å². The molecule has 0 heterocycles. The van der Waals surface area contributed by atoms with Gasteiger partial charge >= 0.3 is 0 Å². The molecule has 0 amide bonds. The minimum absolute atomic E-state index is 0.260. The van der Waals surface area contributed by atoms with Crippen LogP contribution in [0.1, 0.15) is 43.0 Å². The van der Waals surface area contributed by atoms with Crippen LogP contribution in [-0.2, 0) is 0 Å². The predicted molar refractivity (Wildman–Crippen MR) is 64.1 cm³/mol. The Morgan fingerprint density at radius 2 is 1.93 bits per heavy atom. The number of benzene rings is 1. The second-order valence-electron chi connectivity index (χ2n) is 3.60. The van der Waals surface area contributed by atoms with Crippen molar-refractivity contribution in [3.63, 3.8) is 0 Å². The van der Waals surface area contributed by atoms with Crippen molar-refractivity contribution >= 4 is 5.78 Å². The van der Waals surface area contributed by atoms with Crippen molar-refractivity contribution in [1.29, 1.82) is 0 Å². The third-order valence-electron chi connectivity index (χ3n) is 2.36. The van der Waals surface area contributed by atoms with Gasteiger partial charge in [0, 0.05) is 12.0 Å². The zero-order valence-corrected chi connectivity index (χ0v) is 9.28. The Morgan fingerprint density at radius 3 is 2.60 bits per heavy atom. The van der Waals surface area contributed by atoms with Crippen LogP contribution in [0.4, 0.5) is 0 Å². The number of carbonyl (C=O) groups is 1. The Balaban J connectivity index is 2.25. The molecule has 0 aliphatic rings. The van der Waals surface area contributed by atoms with E-state index in [1.807, 2.05) is 37.3 Å². The number of ketones is 1. The van der Waals surface area contributed by atoms with E-state index in [1.54, 1.807) is 0 Å². The van der Waals surface area contributed by atoms with Crippen LogP contribution >= 0.6 is 0 Å². The van der Waals surface area contributed by atoms with Gasteiger partial charge in [-0.25, -0.2) is 0 Å². The molecule has 1 aromatic rings. The molecule has 80 valence electrons. The van der Waals surface area contributed by atoms with Gasteiger partial charge in [-0.15, -0.1) is 0 Å². The number of allylic oxidation sites excluding steroid dienone is 2. The molecule has 0 fully saturated rings. The lowest BCUT2D eigenvalue weighted by molar-refractivity contribution is 0.0979. The summed E-state index contributed by atoms with van der Waals surface area (Å²) in [5.41, 5.74) is 0.837. The molecule has 0 unspecified atom stereocenters. The summed E-state index contributed by atoms with van der Waals surface area (Å²) in [4.78, 5) is 11.7. The first kappa shape index (κ1) is 11.7. The molecule has 0 N–H and O–H groups in total. The Labute approximate surface area is 91.8 Å². The zero-order valence-electron chi connectivity index (χ0n) is 9.28. The monoisotopic (exact) mass is 202 g/mol. The van der Waals surface area contributed by atoms with Gasteiger partial charge in [-0.2, -0.15) is 0 Å². The average Bonchev–Trinajstić information content (AvgIpc) is 2.30. The Morgan fingerprint density at radius 1 is 1.20 bits per heavy atom. The fourth-order valence-electron chi connectivity index (χ4n) is 1.48. The van der Waals surface area contributed by atoms with Crippen LogP contribution in [0.2, 0.25) is 0 Å².